The summed E-state index contributed by atoms with van der Waals surface area (Å²) in [4.78, 5) is 32.3. The third-order valence-electron chi connectivity index (χ3n) is 3.32. The fraction of sp³-hybridized carbons (Fsp3) is 0. The molecule has 0 atom stereocenters. The fourth-order valence-electron chi connectivity index (χ4n) is 2.11. The standard InChI is InChI=1S/C15H9ClN6O6/c16-9-1-3-10(4-2-9)17-14(23)18-15-20-19-13(28-15)8-5-11(21(24)25)7-12(6-8)22(26)27/h1-7H,(H2,17,18,20,23). The predicted molar refractivity (Wildman–Crippen MR) is 97.1 cm³/mol. The van der Waals surface area contributed by atoms with Crippen molar-refractivity contribution in [3.63, 3.8) is 0 Å². The first-order valence-corrected chi connectivity index (χ1v) is 7.81. The summed E-state index contributed by atoms with van der Waals surface area (Å²) in [7, 11) is 0. The van der Waals surface area contributed by atoms with Crippen LogP contribution in [0.2, 0.25) is 5.02 Å². The van der Waals surface area contributed by atoms with Gasteiger partial charge in [0.05, 0.1) is 21.5 Å². The Morgan fingerprint density at radius 3 is 2.14 bits per heavy atom. The summed E-state index contributed by atoms with van der Waals surface area (Å²) < 4.78 is 5.21. The van der Waals surface area contributed by atoms with E-state index in [1.807, 2.05) is 0 Å². The Balaban J connectivity index is 1.78. The second-order valence-corrected chi connectivity index (χ2v) is 5.69. The minimum Gasteiger partial charge on any atom is -0.403 e. The van der Waals surface area contributed by atoms with Crippen molar-refractivity contribution in [2.75, 3.05) is 10.6 Å². The third kappa shape index (κ3) is 4.37. The molecule has 1 heterocycles. The van der Waals surface area contributed by atoms with E-state index >= 15 is 0 Å². The molecule has 28 heavy (non-hydrogen) atoms. The molecule has 0 saturated heterocycles. The number of nitro benzene ring substituents is 2. The van der Waals surface area contributed by atoms with E-state index in [0.29, 0.717) is 10.7 Å². The Morgan fingerprint density at radius 2 is 1.57 bits per heavy atom. The van der Waals surface area contributed by atoms with Crippen LogP contribution in [0.15, 0.2) is 46.9 Å². The molecule has 13 heteroatoms. The number of hydrogen-bond donors (Lipinski definition) is 2. The second kappa shape index (κ2) is 7.67. The van der Waals surface area contributed by atoms with E-state index in [2.05, 4.69) is 20.8 Å². The van der Waals surface area contributed by atoms with Gasteiger partial charge in [-0.3, -0.25) is 25.5 Å². The first-order valence-electron chi connectivity index (χ1n) is 7.43. The van der Waals surface area contributed by atoms with E-state index in [1.54, 1.807) is 24.3 Å². The Labute approximate surface area is 160 Å². The maximum Gasteiger partial charge on any atom is 0.327 e. The molecule has 1 aromatic heterocycles. The number of carbonyl (C=O) groups is 1. The van der Waals surface area contributed by atoms with Crippen LogP contribution in [0.25, 0.3) is 11.5 Å². The fourth-order valence-corrected chi connectivity index (χ4v) is 2.24. The molecule has 0 unspecified atom stereocenters. The van der Waals surface area contributed by atoms with E-state index in [0.717, 1.165) is 18.2 Å². The molecule has 3 aromatic rings. The van der Waals surface area contributed by atoms with Gasteiger partial charge in [-0.2, -0.15) is 0 Å². The highest BCUT2D eigenvalue weighted by atomic mass is 35.5. The third-order valence-corrected chi connectivity index (χ3v) is 3.57. The van der Waals surface area contributed by atoms with Crippen LogP contribution in [-0.2, 0) is 0 Å². The van der Waals surface area contributed by atoms with Gasteiger partial charge in [-0.1, -0.05) is 16.7 Å². The lowest BCUT2D eigenvalue weighted by molar-refractivity contribution is -0.394. The van der Waals surface area contributed by atoms with Crippen molar-refractivity contribution in [2.24, 2.45) is 0 Å². The van der Waals surface area contributed by atoms with Gasteiger partial charge in [0.15, 0.2) is 0 Å². The summed E-state index contributed by atoms with van der Waals surface area (Å²) in [6, 6.07) is 8.19. The number of benzene rings is 2. The summed E-state index contributed by atoms with van der Waals surface area (Å²) in [6.07, 6.45) is 0. The predicted octanol–water partition coefficient (Wildman–Crippen LogP) is 3.85. The van der Waals surface area contributed by atoms with Crippen molar-refractivity contribution >= 4 is 40.7 Å². The number of anilines is 2. The topological polar surface area (TPSA) is 166 Å². The van der Waals surface area contributed by atoms with Crippen LogP contribution in [0.3, 0.4) is 0 Å². The molecule has 0 aliphatic heterocycles. The van der Waals surface area contributed by atoms with Gasteiger partial charge in [0.25, 0.3) is 11.4 Å². The van der Waals surface area contributed by atoms with Gasteiger partial charge in [0.1, 0.15) is 0 Å². The number of hydrogen-bond acceptors (Lipinski definition) is 8. The van der Waals surface area contributed by atoms with Crippen molar-refractivity contribution in [3.8, 4) is 11.5 Å². The molecule has 0 saturated carbocycles. The summed E-state index contributed by atoms with van der Waals surface area (Å²) in [6.45, 7) is 0. The number of nitrogens with one attached hydrogen (secondary N) is 2. The van der Waals surface area contributed by atoms with Crippen LogP contribution in [0.4, 0.5) is 27.9 Å². The molecular formula is C15H9ClN6O6. The quantitative estimate of drug-likeness (QED) is 0.477. The molecule has 3 rings (SSSR count). The van der Waals surface area contributed by atoms with E-state index in [-0.39, 0.29) is 17.5 Å². The Morgan fingerprint density at radius 1 is 0.964 bits per heavy atom. The van der Waals surface area contributed by atoms with Crippen molar-refractivity contribution in [2.45, 2.75) is 0 Å². The zero-order valence-corrected chi connectivity index (χ0v) is 14.4. The smallest absolute Gasteiger partial charge is 0.327 e. The van der Waals surface area contributed by atoms with Crippen LogP contribution in [0.1, 0.15) is 0 Å². The van der Waals surface area contributed by atoms with Crippen LogP contribution in [-0.4, -0.2) is 26.1 Å². The van der Waals surface area contributed by atoms with Crippen LogP contribution in [0.5, 0.6) is 0 Å². The summed E-state index contributed by atoms with van der Waals surface area (Å²) in [5.74, 6) is -0.242. The van der Waals surface area contributed by atoms with Crippen molar-refractivity contribution in [3.05, 3.63) is 67.7 Å². The van der Waals surface area contributed by atoms with Gasteiger partial charge in [-0.05, 0) is 24.3 Å². The maximum absolute atomic E-state index is 11.9. The SMILES string of the molecule is O=C(Nc1ccc(Cl)cc1)Nc1nnc(-c2cc([N+](=O)[O-])cc([N+](=O)[O-])c2)o1. The van der Waals surface area contributed by atoms with E-state index in [9.17, 15) is 25.0 Å². The van der Waals surface area contributed by atoms with Gasteiger partial charge in [-0.15, -0.1) is 5.10 Å². The highest BCUT2D eigenvalue weighted by Gasteiger charge is 2.20. The molecule has 0 bridgehead atoms. The van der Waals surface area contributed by atoms with Crippen molar-refractivity contribution in [1.29, 1.82) is 0 Å². The number of halogens is 1. The van der Waals surface area contributed by atoms with E-state index < -0.39 is 27.3 Å². The molecule has 0 spiro atoms. The van der Waals surface area contributed by atoms with Crippen LogP contribution in [0, 0.1) is 20.2 Å². The number of non-ortho nitro benzene ring substituents is 2. The van der Waals surface area contributed by atoms with Gasteiger partial charge in [-0.25, -0.2) is 4.79 Å². The molecule has 0 aliphatic carbocycles. The Kier molecular flexibility index (Phi) is 5.13. The molecule has 0 fully saturated rings. The van der Waals surface area contributed by atoms with Gasteiger partial charge >= 0.3 is 12.0 Å². The van der Waals surface area contributed by atoms with Crippen molar-refractivity contribution in [1.82, 2.24) is 10.2 Å². The lowest BCUT2D eigenvalue weighted by Crippen LogP contribution is -2.19. The summed E-state index contributed by atoms with van der Waals surface area (Å²) >= 11 is 5.75. The highest BCUT2D eigenvalue weighted by Crippen LogP contribution is 2.29. The number of aromatic nitrogens is 2. The van der Waals surface area contributed by atoms with Crippen molar-refractivity contribution < 1.29 is 19.1 Å². The van der Waals surface area contributed by atoms with Crippen LogP contribution >= 0.6 is 11.6 Å². The summed E-state index contributed by atoms with van der Waals surface area (Å²) in [5.41, 5.74) is -0.620. The zero-order chi connectivity index (χ0) is 20.3. The van der Waals surface area contributed by atoms with E-state index in [4.69, 9.17) is 16.0 Å². The first-order chi connectivity index (χ1) is 13.3. The molecular weight excluding hydrogens is 396 g/mol. The number of rotatable bonds is 5. The highest BCUT2D eigenvalue weighted by molar-refractivity contribution is 6.30. The van der Waals surface area contributed by atoms with Gasteiger partial charge < -0.3 is 9.73 Å². The number of nitrogens with zero attached hydrogens (tertiary/aromatic N) is 4. The number of urea groups is 1. The maximum atomic E-state index is 11.9. The second-order valence-electron chi connectivity index (χ2n) is 5.25. The monoisotopic (exact) mass is 404 g/mol. The molecule has 0 radical (unpaired) electrons. The molecule has 2 amide bonds. The number of nitro groups is 2. The molecule has 2 N–H and O–H groups in total. The minimum absolute atomic E-state index is 0.0421. The number of carbonyl (C=O) groups excluding carboxylic acids is 1. The largest absolute Gasteiger partial charge is 0.403 e. The first kappa shape index (κ1) is 18.7. The lowest BCUT2D eigenvalue weighted by Gasteiger charge is -2.04. The lowest BCUT2D eigenvalue weighted by atomic mass is 10.2. The average molecular weight is 405 g/mol. The van der Waals surface area contributed by atoms with Crippen LogP contribution < -0.4 is 10.6 Å². The molecule has 12 nitrogen and oxygen atoms in total. The zero-order valence-electron chi connectivity index (χ0n) is 13.7. The van der Waals surface area contributed by atoms with E-state index in [1.165, 1.54) is 0 Å². The Bertz CT molecular complexity index is 1030. The molecule has 142 valence electrons. The molecule has 0 aliphatic rings. The molecule has 2 aromatic carbocycles. The van der Waals surface area contributed by atoms with Gasteiger partial charge in [0.2, 0.25) is 5.89 Å². The minimum atomic E-state index is -0.786. The normalized spacial score (nSPS) is 10.3. The van der Waals surface area contributed by atoms with Gasteiger partial charge in [0, 0.05) is 22.8 Å². The average Bonchev–Trinajstić information content (AvgIpc) is 3.11. The Hall–Kier alpha value is -4.06. The number of amides is 2. The summed E-state index contributed by atoms with van der Waals surface area (Å²) in [5, 5.41) is 34.4.